The van der Waals surface area contributed by atoms with Gasteiger partial charge in [-0.3, -0.25) is 0 Å². The molecule has 0 fully saturated rings. The van der Waals surface area contributed by atoms with Gasteiger partial charge in [0.1, 0.15) is 11.4 Å². The lowest BCUT2D eigenvalue weighted by molar-refractivity contribution is 0.0691. The zero-order valence-electron chi connectivity index (χ0n) is 11.4. The molecule has 21 heavy (non-hydrogen) atoms. The molecule has 0 amide bonds. The van der Waals surface area contributed by atoms with E-state index in [0.29, 0.717) is 6.61 Å². The monoisotopic (exact) mass is 281 g/mol. The van der Waals surface area contributed by atoms with Crippen LogP contribution in [0.15, 0.2) is 54.6 Å². The smallest absolute Gasteiger partial charge is 0.352 e. The van der Waals surface area contributed by atoms with Crippen molar-refractivity contribution in [3.8, 4) is 5.75 Å². The fraction of sp³-hybridized carbons (Fsp3) is 0.118. The van der Waals surface area contributed by atoms with Crippen LogP contribution in [0.1, 0.15) is 16.1 Å². The van der Waals surface area contributed by atoms with Gasteiger partial charge in [0.15, 0.2) is 0 Å². The number of hydrogen-bond acceptors (Lipinski definition) is 2. The molecule has 0 aliphatic rings. The SMILES string of the molecule is O=C(O)c1cc2ccc(OCCc3ccccc3)cc2[nH]1. The molecule has 1 aromatic heterocycles. The molecule has 3 rings (SSSR count). The van der Waals surface area contributed by atoms with E-state index in [1.807, 2.05) is 36.4 Å². The zero-order valence-corrected chi connectivity index (χ0v) is 11.4. The van der Waals surface area contributed by atoms with Crippen LogP contribution >= 0.6 is 0 Å². The van der Waals surface area contributed by atoms with E-state index >= 15 is 0 Å². The number of fused-ring (bicyclic) bond motifs is 1. The predicted molar refractivity (Wildman–Crippen MR) is 80.9 cm³/mol. The molecule has 0 saturated carbocycles. The zero-order chi connectivity index (χ0) is 14.7. The molecular formula is C17H15NO3. The van der Waals surface area contributed by atoms with Gasteiger partial charge in [-0.2, -0.15) is 0 Å². The highest BCUT2D eigenvalue weighted by molar-refractivity contribution is 5.94. The van der Waals surface area contributed by atoms with E-state index in [0.717, 1.165) is 23.1 Å². The second kappa shape index (κ2) is 5.71. The molecule has 106 valence electrons. The average Bonchev–Trinajstić information content (AvgIpc) is 2.92. The topological polar surface area (TPSA) is 62.3 Å². The maximum Gasteiger partial charge on any atom is 0.352 e. The maximum absolute atomic E-state index is 10.9. The molecule has 0 atom stereocenters. The number of hydrogen-bond donors (Lipinski definition) is 2. The Kier molecular flexibility index (Phi) is 3.60. The van der Waals surface area contributed by atoms with Gasteiger partial charge in [0, 0.05) is 23.4 Å². The number of carboxylic acids is 1. The summed E-state index contributed by atoms with van der Waals surface area (Å²) >= 11 is 0. The predicted octanol–water partition coefficient (Wildman–Crippen LogP) is 3.49. The van der Waals surface area contributed by atoms with Gasteiger partial charge in [0.2, 0.25) is 0 Å². The van der Waals surface area contributed by atoms with Crippen LogP contribution < -0.4 is 4.74 Å². The summed E-state index contributed by atoms with van der Waals surface area (Å²) in [6.45, 7) is 0.585. The lowest BCUT2D eigenvalue weighted by Crippen LogP contribution is -2.01. The van der Waals surface area contributed by atoms with E-state index in [1.54, 1.807) is 6.07 Å². The first-order chi connectivity index (χ1) is 10.2. The van der Waals surface area contributed by atoms with E-state index in [4.69, 9.17) is 9.84 Å². The van der Waals surface area contributed by atoms with Gasteiger partial charge < -0.3 is 14.8 Å². The van der Waals surface area contributed by atoms with Gasteiger partial charge in [0.05, 0.1) is 6.61 Å². The van der Waals surface area contributed by atoms with Crippen LogP contribution in [-0.4, -0.2) is 22.7 Å². The molecule has 4 nitrogen and oxygen atoms in total. The van der Waals surface area contributed by atoms with Crippen molar-refractivity contribution in [2.24, 2.45) is 0 Å². The van der Waals surface area contributed by atoms with Crippen molar-refractivity contribution in [1.82, 2.24) is 4.98 Å². The number of H-pyrrole nitrogens is 1. The molecule has 0 bridgehead atoms. The number of ether oxygens (including phenoxy) is 1. The molecule has 0 unspecified atom stereocenters. The Morgan fingerprint density at radius 1 is 1.10 bits per heavy atom. The van der Waals surface area contributed by atoms with Crippen LogP contribution in [0.25, 0.3) is 10.9 Å². The van der Waals surface area contributed by atoms with Gasteiger partial charge in [-0.1, -0.05) is 30.3 Å². The number of rotatable bonds is 5. The average molecular weight is 281 g/mol. The minimum absolute atomic E-state index is 0.187. The summed E-state index contributed by atoms with van der Waals surface area (Å²) in [5.41, 5.74) is 2.18. The van der Waals surface area contributed by atoms with Gasteiger partial charge in [-0.25, -0.2) is 4.79 Å². The standard InChI is InChI=1S/C17H15NO3/c19-17(20)16-10-13-6-7-14(11-15(13)18-16)21-9-8-12-4-2-1-3-5-12/h1-7,10-11,18H,8-9H2,(H,19,20). The highest BCUT2D eigenvalue weighted by Crippen LogP contribution is 2.21. The maximum atomic E-state index is 10.9. The third-order valence-electron chi connectivity index (χ3n) is 3.33. The first-order valence-electron chi connectivity index (χ1n) is 6.75. The molecule has 2 aromatic carbocycles. The van der Waals surface area contributed by atoms with Crippen molar-refractivity contribution in [2.75, 3.05) is 6.61 Å². The van der Waals surface area contributed by atoms with Crippen LogP contribution in [0.3, 0.4) is 0 Å². The highest BCUT2D eigenvalue weighted by atomic mass is 16.5. The quantitative estimate of drug-likeness (QED) is 0.752. The third kappa shape index (κ3) is 3.05. The molecule has 0 aliphatic carbocycles. The van der Waals surface area contributed by atoms with Crippen molar-refractivity contribution in [3.05, 3.63) is 65.9 Å². The minimum atomic E-state index is -0.960. The second-order valence-corrected chi connectivity index (χ2v) is 4.82. The highest BCUT2D eigenvalue weighted by Gasteiger charge is 2.07. The number of aromatic carboxylic acids is 1. The number of aromatic nitrogens is 1. The van der Waals surface area contributed by atoms with Crippen molar-refractivity contribution < 1.29 is 14.6 Å². The summed E-state index contributed by atoms with van der Waals surface area (Å²) < 4.78 is 5.72. The van der Waals surface area contributed by atoms with Crippen molar-refractivity contribution in [1.29, 1.82) is 0 Å². The van der Waals surface area contributed by atoms with Crippen LogP contribution in [0.2, 0.25) is 0 Å². The summed E-state index contributed by atoms with van der Waals surface area (Å²) in [5.74, 6) is -0.227. The van der Waals surface area contributed by atoms with Gasteiger partial charge >= 0.3 is 5.97 Å². The Morgan fingerprint density at radius 3 is 2.67 bits per heavy atom. The number of nitrogens with one attached hydrogen (secondary N) is 1. The Morgan fingerprint density at radius 2 is 1.90 bits per heavy atom. The van der Waals surface area contributed by atoms with Gasteiger partial charge in [0.25, 0.3) is 0 Å². The Labute approximate surface area is 122 Å². The molecule has 2 N–H and O–H groups in total. The molecule has 4 heteroatoms. The second-order valence-electron chi connectivity index (χ2n) is 4.82. The van der Waals surface area contributed by atoms with Crippen molar-refractivity contribution >= 4 is 16.9 Å². The Bertz CT molecular complexity index is 762. The van der Waals surface area contributed by atoms with Crippen molar-refractivity contribution in [3.63, 3.8) is 0 Å². The third-order valence-corrected chi connectivity index (χ3v) is 3.33. The molecule has 0 radical (unpaired) electrons. The Balaban J connectivity index is 1.68. The molecule has 0 aliphatic heterocycles. The fourth-order valence-electron chi connectivity index (χ4n) is 2.24. The molecule has 0 spiro atoms. The molecule has 0 saturated heterocycles. The number of carboxylic acid groups (broad SMARTS) is 1. The van der Waals surface area contributed by atoms with Crippen LogP contribution in [-0.2, 0) is 6.42 Å². The summed E-state index contributed by atoms with van der Waals surface area (Å²) in [6, 6.07) is 17.3. The van der Waals surface area contributed by atoms with Crippen LogP contribution in [0, 0.1) is 0 Å². The number of aromatic amines is 1. The van der Waals surface area contributed by atoms with Gasteiger partial charge in [-0.05, 0) is 23.8 Å². The fourth-order valence-corrected chi connectivity index (χ4v) is 2.24. The summed E-state index contributed by atoms with van der Waals surface area (Å²) in [4.78, 5) is 13.8. The van der Waals surface area contributed by atoms with Crippen molar-refractivity contribution in [2.45, 2.75) is 6.42 Å². The Hall–Kier alpha value is -2.75. The van der Waals surface area contributed by atoms with E-state index in [1.165, 1.54) is 5.56 Å². The molecule has 3 aromatic rings. The number of benzene rings is 2. The first-order valence-corrected chi connectivity index (χ1v) is 6.75. The largest absolute Gasteiger partial charge is 0.493 e. The van der Waals surface area contributed by atoms with E-state index < -0.39 is 5.97 Å². The van der Waals surface area contributed by atoms with Crippen LogP contribution in [0.4, 0.5) is 0 Å². The molecular weight excluding hydrogens is 266 g/mol. The summed E-state index contributed by atoms with van der Waals surface area (Å²) in [6.07, 6.45) is 0.837. The number of carbonyl (C=O) groups is 1. The minimum Gasteiger partial charge on any atom is -0.493 e. The lowest BCUT2D eigenvalue weighted by Gasteiger charge is -2.06. The normalized spacial score (nSPS) is 10.7. The molecule has 1 heterocycles. The van der Waals surface area contributed by atoms with Gasteiger partial charge in [-0.15, -0.1) is 0 Å². The summed E-state index contributed by atoms with van der Waals surface area (Å²) in [5, 5.41) is 9.82. The van der Waals surface area contributed by atoms with E-state index in [9.17, 15) is 4.79 Å². The van der Waals surface area contributed by atoms with E-state index in [-0.39, 0.29) is 5.69 Å². The first kappa shape index (κ1) is 13.2. The van der Waals surface area contributed by atoms with E-state index in [2.05, 4.69) is 17.1 Å². The summed E-state index contributed by atoms with van der Waals surface area (Å²) in [7, 11) is 0. The van der Waals surface area contributed by atoms with Crippen LogP contribution in [0.5, 0.6) is 5.75 Å². The lowest BCUT2D eigenvalue weighted by atomic mass is 10.2.